The van der Waals surface area contributed by atoms with Crippen molar-refractivity contribution in [1.29, 1.82) is 0 Å². The molecule has 1 amide bonds. The molecule has 2 heterocycles. The Morgan fingerprint density at radius 1 is 1.67 bits per heavy atom. The number of imidazole rings is 1. The second kappa shape index (κ2) is 5.52. The topological polar surface area (TPSA) is 64.2 Å². The van der Waals surface area contributed by atoms with E-state index in [0.29, 0.717) is 5.92 Å². The van der Waals surface area contributed by atoms with E-state index in [4.69, 9.17) is 5.73 Å². The smallest absolute Gasteiger partial charge is 0.239 e. The lowest BCUT2D eigenvalue weighted by molar-refractivity contribution is -0.134. The maximum Gasteiger partial charge on any atom is 0.239 e. The number of aromatic nitrogens is 2. The Bertz CT molecular complexity index is 413. The number of aryl methyl sites for hydroxylation is 1. The Morgan fingerprint density at radius 3 is 3.06 bits per heavy atom. The number of amides is 1. The molecule has 18 heavy (non-hydrogen) atoms. The lowest BCUT2D eigenvalue weighted by Crippen LogP contribution is -2.47. The molecule has 0 aliphatic carbocycles. The van der Waals surface area contributed by atoms with Gasteiger partial charge in [0.2, 0.25) is 5.91 Å². The van der Waals surface area contributed by atoms with Crippen LogP contribution in [0.2, 0.25) is 0 Å². The zero-order valence-electron chi connectivity index (χ0n) is 11.2. The predicted molar refractivity (Wildman–Crippen MR) is 69.9 cm³/mol. The molecule has 1 aliphatic rings. The molecule has 0 unspecified atom stereocenters. The van der Waals surface area contributed by atoms with Crippen molar-refractivity contribution in [2.45, 2.75) is 32.2 Å². The quantitative estimate of drug-likeness (QED) is 0.852. The second-order valence-corrected chi connectivity index (χ2v) is 5.24. The van der Waals surface area contributed by atoms with Gasteiger partial charge in [-0.05, 0) is 25.7 Å². The lowest BCUT2D eigenvalue weighted by atomic mass is 9.94. The van der Waals surface area contributed by atoms with E-state index in [9.17, 15) is 4.79 Å². The van der Waals surface area contributed by atoms with Crippen LogP contribution >= 0.6 is 0 Å². The van der Waals surface area contributed by atoms with E-state index in [1.54, 1.807) is 6.92 Å². The van der Waals surface area contributed by atoms with E-state index in [2.05, 4.69) is 4.98 Å². The highest BCUT2D eigenvalue weighted by Gasteiger charge is 2.26. The van der Waals surface area contributed by atoms with E-state index >= 15 is 0 Å². The van der Waals surface area contributed by atoms with Gasteiger partial charge in [-0.2, -0.15) is 0 Å². The number of hydrogen-bond donors (Lipinski definition) is 1. The number of piperidine rings is 1. The fourth-order valence-corrected chi connectivity index (χ4v) is 2.57. The van der Waals surface area contributed by atoms with Crippen LogP contribution in [0.3, 0.4) is 0 Å². The Hall–Kier alpha value is -1.36. The van der Waals surface area contributed by atoms with E-state index in [1.165, 1.54) is 0 Å². The van der Waals surface area contributed by atoms with Crippen molar-refractivity contribution < 1.29 is 4.79 Å². The van der Waals surface area contributed by atoms with Crippen molar-refractivity contribution in [2.24, 2.45) is 18.7 Å². The minimum atomic E-state index is -0.392. The van der Waals surface area contributed by atoms with Crippen LogP contribution < -0.4 is 5.73 Å². The number of nitrogens with two attached hydrogens (primary N) is 1. The van der Waals surface area contributed by atoms with Gasteiger partial charge in [-0.3, -0.25) is 4.79 Å². The number of hydrogen-bond acceptors (Lipinski definition) is 3. The zero-order chi connectivity index (χ0) is 13.1. The average molecular weight is 250 g/mol. The van der Waals surface area contributed by atoms with Gasteiger partial charge < -0.3 is 15.2 Å². The van der Waals surface area contributed by atoms with E-state index in [1.807, 2.05) is 28.9 Å². The fraction of sp³-hybridized carbons (Fsp3) is 0.692. The molecule has 1 fully saturated rings. The standard InChI is InChI=1S/C13H22N4O/c1-10(14)13(18)17-6-3-4-11(9-17)8-12-15-5-7-16(12)2/h5,7,10-11H,3-4,6,8-9,14H2,1-2H3/t10-,11+/m1/s1. The summed E-state index contributed by atoms with van der Waals surface area (Å²) in [7, 11) is 2.01. The molecule has 5 nitrogen and oxygen atoms in total. The normalized spacial score (nSPS) is 21.9. The van der Waals surface area contributed by atoms with Crippen molar-refractivity contribution in [3.8, 4) is 0 Å². The summed E-state index contributed by atoms with van der Waals surface area (Å²) in [4.78, 5) is 18.1. The number of rotatable bonds is 3. The van der Waals surface area contributed by atoms with Crippen molar-refractivity contribution in [1.82, 2.24) is 14.5 Å². The van der Waals surface area contributed by atoms with E-state index in [0.717, 1.165) is 38.2 Å². The number of likely N-dealkylation sites (tertiary alicyclic amines) is 1. The van der Waals surface area contributed by atoms with Gasteiger partial charge in [-0.1, -0.05) is 0 Å². The van der Waals surface area contributed by atoms with Gasteiger partial charge in [0.25, 0.3) is 0 Å². The monoisotopic (exact) mass is 250 g/mol. The largest absolute Gasteiger partial charge is 0.341 e. The molecule has 5 heteroatoms. The van der Waals surface area contributed by atoms with Gasteiger partial charge in [-0.25, -0.2) is 4.98 Å². The number of nitrogens with zero attached hydrogens (tertiary/aromatic N) is 3. The van der Waals surface area contributed by atoms with Gasteiger partial charge in [0, 0.05) is 39.0 Å². The van der Waals surface area contributed by atoms with E-state index < -0.39 is 6.04 Å². The first kappa shape index (κ1) is 13.1. The average Bonchev–Trinajstić information content (AvgIpc) is 2.74. The molecule has 2 rings (SSSR count). The lowest BCUT2D eigenvalue weighted by Gasteiger charge is -2.33. The summed E-state index contributed by atoms with van der Waals surface area (Å²) in [5.74, 6) is 1.66. The Labute approximate surface area is 108 Å². The van der Waals surface area contributed by atoms with Crippen LogP contribution in [0.15, 0.2) is 12.4 Å². The third-order valence-electron chi connectivity index (χ3n) is 3.61. The van der Waals surface area contributed by atoms with E-state index in [-0.39, 0.29) is 5.91 Å². The van der Waals surface area contributed by atoms with Gasteiger partial charge in [0.05, 0.1) is 6.04 Å². The highest BCUT2D eigenvalue weighted by molar-refractivity contribution is 5.81. The Balaban J connectivity index is 1.95. The summed E-state index contributed by atoms with van der Waals surface area (Å²) >= 11 is 0. The maximum atomic E-state index is 11.9. The van der Waals surface area contributed by atoms with Crippen LogP contribution in [0.5, 0.6) is 0 Å². The van der Waals surface area contributed by atoms with Crippen LogP contribution in [-0.4, -0.2) is 39.5 Å². The Kier molecular flexibility index (Phi) is 4.01. The first-order valence-corrected chi connectivity index (χ1v) is 6.58. The molecule has 1 aliphatic heterocycles. The molecule has 1 aromatic rings. The highest BCUT2D eigenvalue weighted by Crippen LogP contribution is 2.20. The first-order valence-electron chi connectivity index (χ1n) is 6.58. The maximum absolute atomic E-state index is 11.9. The number of carbonyl (C=O) groups is 1. The third kappa shape index (κ3) is 2.90. The molecule has 0 bridgehead atoms. The molecule has 0 spiro atoms. The zero-order valence-corrected chi connectivity index (χ0v) is 11.2. The van der Waals surface area contributed by atoms with Crippen LogP contribution in [0.25, 0.3) is 0 Å². The van der Waals surface area contributed by atoms with Gasteiger partial charge in [-0.15, -0.1) is 0 Å². The molecular formula is C13H22N4O. The van der Waals surface area contributed by atoms with Crippen LogP contribution in [0.1, 0.15) is 25.6 Å². The molecule has 100 valence electrons. The summed E-state index contributed by atoms with van der Waals surface area (Å²) in [6.45, 7) is 3.41. The van der Waals surface area contributed by atoms with Gasteiger partial charge >= 0.3 is 0 Å². The summed E-state index contributed by atoms with van der Waals surface area (Å²) < 4.78 is 2.05. The summed E-state index contributed by atoms with van der Waals surface area (Å²) in [6.07, 6.45) is 6.95. The minimum Gasteiger partial charge on any atom is -0.341 e. The van der Waals surface area contributed by atoms with Crippen molar-refractivity contribution in [2.75, 3.05) is 13.1 Å². The summed E-state index contributed by atoms with van der Waals surface area (Å²) in [5.41, 5.74) is 5.66. The van der Waals surface area contributed by atoms with Crippen LogP contribution in [-0.2, 0) is 18.3 Å². The third-order valence-corrected chi connectivity index (χ3v) is 3.61. The minimum absolute atomic E-state index is 0.0690. The second-order valence-electron chi connectivity index (χ2n) is 5.24. The molecule has 0 radical (unpaired) electrons. The molecule has 2 atom stereocenters. The van der Waals surface area contributed by atoms with Crippen LogP contribution in [0, 0.1) is 5.92 Å². The summed E-state index contributed by atoms with van der Waals surface area (Å²) in [5, 5.41) is 0. The number of carbonyl (C=O) groups excluding carboxylic acids is 1. The van der Waals surface area contributed by atoms with Crippen LogP contribution in [0.4, 0.5) is 0 Å². The fourth-order valence-electron chi connectivity index (χ4n) is 2.57. The molecular weight excluding hydrogens is 228 g/mol. The molecule has 2 N–H and O–H groups in total. The highest BCUT2D eigenvalue weighted by atomic mass is 16.2. The molecule has 1 saturated heterocycles. The first-order chi connectivity index (χ1) is 8.58. The van der Waals surface area contributed by atoms with Crippen molar-refractivity contribution >= 4 is 5.91 Å². The van der Waals surface area contributed by atoms with Crippen molar-refractivity contribution in [3.63, 3.8) is 0 Å². The predicted octanol–water partition coefficient (Wildman–Crippen LogP) is 0.548. The molecule has 0 aromatic carbocycles. The molecule has 1 aromatic heterocycles. The Morgan fingerprint density at radius 2 is 2.44 bits per heavy atom. The van der Waals surface area contributed by atoms with Gasteiger partial charge in [0.1, 0.15) is 5.82 Å². The van der Waals surface area contributed by atoms with Crippen molar-refractivity contribution in [3.05, 3.63) is 18.2 Å². The summed E-state index contributed by atoms with van der Waals surface area (Å²) in [6, 6.07) is -0.392. The van der Waals surface area contributed by atoms with Gasteiger partial charge in [0.15, 0.2) is 0 Å². The SMILES string of the molecule is C[C@@H](N)C(=O)N1CCC[C@@H](Cc2nccn2C)C1. The molecule has 0 saturated carbocycles.